The number of hydrogen-bond donors (Lipinski definition) is 2. The fourth-order valence-corrected chi connectivity index (χ4v) is 13.2. The second-order valence-corrected chi connectivity index (χ2v) is 20.9. The molecule has 15 heteroatoms. The monoisotopic (exact) mass is 861 g/mol. The average molecular weight is 862 g/mol. The highest BCUT2D eigenvalue weighted by Gasteiger charge is 2.61. The summed E-state index contributed by atoms with van der Waals surface area (Å²) in [5, 5.41) is 4.17. The van der Waals surface area contributed by atoms with E-state index in [1.165, 1.54) is 55.5 Å². The molecule has 13 nitrogen and oxygen atoms in total. The van der Waals surface area contributed by atoms with Gasteiger partial charge in [-0.3, -0.25) is 29.1 Å². The van der Waals surface area contributed by atoms with Crippen LogP contribution in [0.5, 0.6) is 5.75 Å². The molecular weight excluding hydrogens is 799 g/mol. The third-order valence-electron chi connectivity index (χ3n) is 14.7. The molecule has 9 rings (SSSR count). The molecule has 3 aliphatic heterocycles. The number of imide groups is 1. The molecule has 60 heavy (non-hydrogen) atoms. The number of ether oxygens (including phenoxy) is 1. The molecule has 3 amide bonds. The molecule has 4 heterocycles. The molecule has 6 aliphatic rings. The fraction of sp³-hybridized carbons (Fsp3) is 0.644. The van der Waals surface area contributed by atoms with E-state index in [0.717, 1.165) is 90.2 Å². The first-order valence-corrected chi connectivity index (χ1v) is 24.8. The Bertz CT molecular complexity index is 2130. The van der Waals surface area contributed by atoms with Gasteiger partial charge >= 0.3 is 0 Å². The smallest absolute Gasteiger partial charge is 0.255 e. The molecule has 2 aromatic carbocycles. The summed E-state index contributed by atoms with van der Waals surface area (Å²) in [6.45, 7) is 12.1. The number of amides is 3. The zero-order valence-electron chi connectivity index (χ0n) is 35.5. The van der Waals surface area contributed by atoms with Crippen LogP contribution in [0.4, 0.5) is 11.5 Å². The van der Waals surface area contributed by atoms with Gasteiger partial charge in [-0.1, -0.05) is 38.8 Å². The van der Waals surface area contributed by atoms with Crippen LogP contribution < -0.4 is 20.7 Å². The molecule has 3 N–H and O–H groups in total. The molecular formula is C45H63N7O6S2. The van der Waals surface area contributed by atoms with Crippen LogP contribution in [-0.2, 0) is 19.4 Å². The van der Waals surface area contributed by atoms with Crippen molar-refractivity contribution in [1.82, 2.24) is 24.4 Å². The SMILES string of the molecule is CCN1CCCC1CNC(=O)c1cc(S(=O)(=O)CC)c(N)cc1OC.O=C1[C@@H]2[C@H]3CC[C@H](C3)[C@@H]2C(=O)N1C[C@@H]1CCCC[C@H]1CN1CCN(c2nsc3ccccc23)CC1. The van der Waals surface area contributed by atoms with E-state index in [4.69, 9.17) is 14.8 Å². The summed E-state index contributed by atoms with van der Waals surface area (Å²) in [6, 6.07) is 11.6. The third kappa shape index (κ3) is 8.52. The number of aromatic nitrogens is 1. The van der Waals surface area contributed by atoms with Crippen LogP contribution in [0.3, 0.4) is 0 Å². The zero-order valence-corrected chi connectivity index (χ0v) is 37.2. The lowest BCUT2D eigenvalue weighted by Gasteiger charge is -2.40. The van der Waals surface area contributed by atoms with Crippen LogP contribution in [0.15, 0.2) is 41.3 Å². The van der Waals surface area contributed by atoms with Crippen LogP contribution in [-0.4, -0.2) is 123 Å². The molecule has 1 unspecified atom stereocenters. The molecule has 0 spiro atoms. The number of methoxy groups -OCH3 is 1. The maximum absolute atomic E-state index is 13.3. The molecule has 1 aromatic heterocycles. The summed E-state index contributed by atoms with van der Waals surface area (Å²) in [5.41, 5.74) is 6.11. The normalized spacial score (nSPS) is 28.3. The Hall–Kier alpha value is -3.79. The number of carbonyl (C=O) groups excluding carboxylic acids is 3. The highest BCUT2D eigenvalue weighted by atomic mass is 32.2. The van der Waals surface area contributed by atoms with Crippen molar-refractivity contribution < 1.29 is 27.5 Å². The number of nitrogens with two attached hydrogens (primary N) is 1. The van der Waals surface area contributed by atoms with Gasteiger partial charge in [-0.25, -0.2) is 8.42 Å². The summed E-state index contributed by atoms with van der Waals surface area (Å²) in [5.74, 6) is 3.42. The number of nitrogens with zero attached hydrogens (tertiary/aromatic N) is 5. The number of fused-ring (bicyclic) bond motifs is 6. The predicted octanol–water partition coefficient (Wildman–Crippen LogP) is 5.54. The number of benzene rings is 2. The Labute approximate surface area is 359 Å². The minimum atomic E-state index is -3.52. The molecule has 3 aliphatic carbocycles. The van der Waals surface area contributed by atoms with E-state index in [0.29, 0.717) is 42.8 Å². The number of likely N-dealkylation sites (N-methyl/N-ethyl adjacent to an activating group) is 1. The van der Waals surface area contributed by atoms with Crippen molar-refractivity contribution in [1.29, 1.82) is 0 Å². The molecule has 3 saturated heterocycles. The number of anilines is 2. The van der Waals surface area contributed by atoms with Gasteiger partial charge in [-0.15, -0.1) is 0 Å². The fourth-order valence-electron chi connectivity index (χ4n) is 11.4. The Morgan fingerprint density at radius 2 is 1.58 bits per heavy atom. The van der Waals surface area contributed by atoms with Gasteiger partial charge in [0.2, 0.25) is 11.8 Å². The zero-order chi connectivity index (χ0) is 42.1. The lowest BCUT2D eigenvalue weighted by atomic mass is 9.78. The second-order valence-electron chi connectivity index (χ2n) is 17.9. The Morgan fingerprint density at radius 1 is 0.900 bits per heavy atom. The van der Waals surface area contributed by atoms with Crippen molar-refractivity contribution >= 4 is 60.7 Å². The van der Waals surface area contributed by atoms with Crippen LogP contribution in [0.25, 0.3) is 10.1 Å². The third-order valence-corrected chi connectivity index (χ3v) is 17.3. The molecule has 3 aromatic rings. The minimum Gasteiger partial charge on any atom is -0.496 e. The average Bonchev–Trinajstić information content (AvgIpc) is 4.12. The van der Waals surface area contributed by atoms with Crippen LogP contribution in [0.2, 0.25) is 0 Å². The van der Waals surface area contributed by atoms with E-state index in [-0.39, 0.29) is 57.2 Å². The number of carbonyl (C=O) groups is 3. The lowest BCUT2D eigenvalue weighted by Crippen LogP contribution is -2.49. The number of hydrogen-bond acceptors (Lipinski definition) is 12. The molecule has 6 fully saturated rings. The number of piperazine rings is 1. The van der Waals surface area contributed by atoms with Crippen LogP contribution >= 0.6 is 11.5 Å². The Morgan fingerprint density at radius 3 is 2.25 bits per heavy atom. The number of sulfone groups is 1. The molecule has 2 bridgehead atoms. The maximum Gasteiger partial charge on any atom is 0.255 e. The summed E-state index contributed by atoms with van der Waals surface area (Å²) in [7, 11) is -2.10. The van der Waals surface area contributed by atoms with E-state index in [1.807, 2.05) is 0 Å². The predicted molar refractivity (Wildman–Crippen MR) is 236 cm³/mol. The molecule has 0 radical (unpaired) electrons. The number of nitrogens with one attached hydrogen (secondary N) is 1. The van der Waals surface area contributed by atoms with Gasteiger partial charge in [-0.05, 0) is 111 Å². The van der Waals surface area contributed by atoms with Gasteiger partial charge in [0.25, 0.3) is 5.91 Å². The highest BCUT2D eigenvalue weighted by Crippen LogP contribution is 2.56. The number of rotatable bonds is 12. The minimum absolute atomic E-state index is 0.0261. The van der Waals surface area contributed by atoms with E-state index < -0.39 is 9.84 Å². The van der Waals surface area contributed by atoms with Gasteiger partial charge in [-0.2, -0.15) is 4.37 Å². The van der Waals surface area contributed by atoms with Crippen LogP contribution in [0.1, 0.15) is 82.0 Å². The first-order chi connectivity index (χ1) is 29.0. The van der Waals surface area contributed by atoms with Crippen molar-refractivity contribution in [3.63, 3.8) is 0 Å². The first kappa shape index (κ1) is 42.9. The summed E-state index contributed by atoms with van der Waals surface area (Å²) in [4.78, 5) is 48.3. The second kappa shape index (κ2) is 18.3. The van der Waals surface area contributed by atoms with Crippen LogP contribution in [0, 0.1) is 35.5 Å². The summed E-state index contributed by atoms with van der Waals surface area (Å²) < 4.78 is 35.6. The number of likely N-dealkylation sites (tertiary alicyclic amines) is 2. The van der Waals surface area contributed by atoms with Crippen molar-refractivity contribution in [2.45, 2.75) is 82.6 Å². The highest BCUT2D eigenvalue weighted by molar-refractivity contribution is 7.91. The quantitative estimate of drug-likeness (QED) is 0.174. The van der Waals surface area contributed by atoms with E-state index in [9.17, 15) is 22.8 Å². The molecule has 326 valence electrons. The van der Waals surface area contributed by atoms with E-state index in [1.54, 1.807) is 16.4 Å². The van der Waals surface area contributed by atoms with Gasteiger partial charge in [0.05, 0.1) is 45.5 Å². The van der Waals surface area contributed by atoms with E-state index in [2.05, 4.69) is 51.2 Å². The maximum atomic E-state index is 13.3. The van der Waals surface area contributed by atoms with Gasteiger partial charge < -0.3 is 20.7 Å². The van der Waals surface area contributed by atoms with Crippen molar-refractivity contribution in [3.05, 3.63) is 42.0 Å². The van der Waals surface area contributed by atoms with Crippen molar-refractivity contribution in [2.75, 3.05) is 82.4 Å². The summed E-state index contributed by atoms with van der Waals surface area (Å²) >= 11 is 1.60. The van der Waals surface area contributed by atoms with Crippen molar-refractivity contribution in [2.24, 2.45) is 35.5 Å². The standard InChI is InChI=1S/C28H36N4O2S.C17H27N3O4S/c33-27-24-18-9-10-19(15-18)25(24)28(34)32(27)17-21-6-2-1-5-20(21)16-30-11-13-31(14-12-30)26-22-7-3-4-8-23(22)35-29-26;1-4-20-8-6-7-12(20)11-19-17(21)13-9-16(25(22,23)5-2)14(18)10-15(13)24-3/h3-4,7-8,18-21,24-25H,1-2,5-6,9-17H2;9-10,12H,4-8,11,18H2,1-3H3,(H,19,21)/t18-,19+,20-,21-,24+,25-;/m0./s1. The van der Waals surface area contributed by atoms with E-state index >= 15 is 0 Å². The molecule has 3 saturated carbocycles. The Kier molecular flexibility index (Phi) is 13.1. The topological polar surface area (TPSA) is 158 Å². The molecule has 7 atom stereocenters. The lowest BCUT2D eigenvalue weighted by molar-refractivity contribution is -0.142. The van der Waals surface area contributed by atoms with Crippen molar-refractivity contribution in [3.8, 4) is 5.75 Å². The number of nitrogen functional groups attached to an aromatic ring is 1. The van der Waals surface area contributed by atoms with Gasteiger partial charge in [0.1, 0.15) is 11.6 Å². The van der Waals surface area contributed by atoms with Gasteiger partial charge in [0, 0.05) is 63.3 Å². The van der Waals surface area contributed by atoms with Gasteiger partial charge in [0.15, 0.2) is 9.84 Å². The first-order valence-electron chi connectivity index (χ1n) is 22.4. The summed E-state index contributed by atoms with van der Waals surface area (Å²) in [6.07, 6.45) is 10.5. The Balaban J connectivity index is 0.000000177. The largest absolute Gasteiger partial charge is 0.496 e.